The molecule has 2 aromatic carbocycles. The Labute approximate surface area is 130 Å². The minimum Gasteiger partial charge on any atom is -0.489 e. The maximum absolute atomic E-state index is 5.93. The summed E-state index contributed by atoms with van der Waals surface area (Å²) in [5, 5.41) is 0. The summed E-state index contributed by atoms with van der Waals surface area (Å²) < 4.78 is 5.93. The summed E-state index contributed by atoms with van der Waals surface area (Å²) in [5.74, 6) is 0.952. The second kappa shape index (κ2) is 5.86. The molecule has 2 nitrogen and oxygen atoms in total. The van der Waals surface area contributed by atoms with Crippen molar-refractivity contribution in [3.8, 4) is 5.75 Å². The zero-order valence-corrected chi connectivity index (χ0v) is 13.0. The lowest BCUT2D eigenvalue weighted by Crippen LogP contribution is -2.10. The van der Waals surface area contributed by atoms with Gasteiger partial charge in [-0.05, 0) is 66.6 Å². The average Bonchev–Trinajstić information content (AvgIpc) is 2.93. The van der Waals surface area contributed by atoms with Crippen LogP contribution < -0.4 is 10.5 Å². The fourth-order valence-corrected chi connectivity index (χ4v) is 2.94. The number of thiocarbonyl (C=S) groups is 1. The number of nitrogens with two attached hydrogens (primary N) is 1. The van der Waals surface area contributed by atoms with Crippen molar-refractivity contribution in [1.82, 2.24) is 0 Å². The number of ether oxygens (including phenoxy) is 1. The average molecular weight is 297 g/mol. The van der Waals surface area contributed by atoms with Crippen molar-refractivity contribution >= 4 is 17.2 Å². The molecule has 21 heavy (non-hydrogen) atoms. The molecule has 2 aromatic rings. The van der Waals surface area contributed by atoms with Crippen LogP contribution in [0.4, 0.5) is 0 Å². The first-order valence-corrected chi connectivity index (χ1v) is 7.68. The van der Waals surface area contributed by atoms with Crippen LogP contribution in [0.1, 0.15) is 34.2 Å². The first-order chi connectivity index (χ1) is 10.1. The van der Waals surface area contributed by atoms with Crippen molar-refractivity contribution in [2.45, 2.75) is 32.8 Å². The molecule has 0 fully saturated rings. The van der Waals surface area contributed by atoms with Crippen LogP contribution in [0, 0.1) is 6.92 Å². The van der Waals surface area contributed by atoms with E-state index in [1.807, 2.05) is 18.2 Å². The van der Waals surface area contributed by atoms with Gasteiger partial charge in [-0.3, -0.25) is 0 Å². The van der Waals surface area contributed by atoms with Gasteiger partial charge < -0.3 is 10.5 Å². The molecule has 3 heteroatoms. The van der Waals surface area contributed by atoms with E-state index in [0.29, 0.717) is 11.6 Å². The Bertz CT molecular complexity index is 694. The van der Waals surface area contributed by atoms with E-state index in [1.165, 1.54) is 30.4 Å². The predicted molar refractivity (Wildman–Crippen MR) is 89.9 cm³/mol. The van der Waals surface area contributed by atoms with Crippen LogP contribution >= 0.6 is 12.2 Å². The molecule has 108 valence electrons. The van der Waals surface area contributed by atoms with E-state index in [9.17, 15) is 0 Å². The van der Waals surface area contributed by atoms with E-state index in [-0.39, 0.29) is 0 Å². The number of hydrogen-bond acceptors (Lipinski definition) is 2. The van der Waals surface area contributed by atoms with E-state index in [2.05, 4.69) is 25.1 Å². The smallest absolute Gasteiger partial charge is 0.120 e. The third-order valence-electron chi connectivity index (χ3n) is 4.09. The lowest BCUT2D eigenvalue weighted by molar-refractivity contribution is 0.305. The molecule has 0 saturated carbocycles. The van der Waals surface area contributed by atoms with E-state index in [0.717, 1.165) is 22.4 Å². The summed E-state index contributed by atoms with van der Waals surface area (Å²) >= 11 is 5.00. The third kappa shape index (κ3) is 3.08. The fraction of sp³-hybridized carbons (Fsp3) is 0.278. The van der Waals surface area contributed by atoms with E-state index in [4.69, 9.17) is 22.7 Å². The van der Waals surface area contributed by atoms with Gasteiger partial charge in [-0.15, -0.1) is 0 Å². The lowest BCUT2D eigenvalue weighted by atomic mass is 10.1. The van der Waals surface area contributed by atoms with E-state index in [1.54, 1.807) is 0 Å². The Hall–Kier alpha value is -1.87. The monoisotopic (exact) mass is 297 g/mol. The Kier molecular flexibility index (Phi) is 3.93. The fourth-order valence-electron chi connectivity index (χ4n) is 2.81. The van der Waals surface area contributed by atoms with Crippen LogP contribution in [-0.2, 0) is 19.4 Å². The van der Waals surface area contributed by atoms with E-state index < -0.39 is 0 Å². The topological polar surface area (TPSA) is 35.2 Å². The zero-order chi connectivity index (χ0) is 14.8. The standard InChI is InChI=1S/C18H19NOS/c1-12-9-15(18(19)21)5-6-16(12)11-20-17-8-7-13-3-2-4-14(13)10-17/h5-10H,2-4,11H2,1H3,(H2,19,21). The Morgan fingerprint density at radius 3 is 2.71 bits per heavy atom. The molecule has 0 heterocycles. The molecule has 0 atom stereocenters. The highest BCUT2D eigenvalue weighted by atomic mass is 32.1. The summed E-state index contributed by atoms with van der Waals surface area (Å²) in [6.45, 7) is 2.63. The molecule has 0 radical (unpaired) electrons. The molecule has 0 amide bonds. The first-order valence-electron chi connectivity index (χ1n) is 7.27. The Balaban J connectivity index is 1.71. The van der Waals surface area contributed by atoms with Crippen LogP contribution in [0.5, 0.6) is 5.75 Å². The zero-order valence-electron chi connectivity index (χ0n) is 12.2. The number of aryl methyl sites for hydroxylation is 3. The predicted octanol–water partition coefficient (Wildman–Crippen LogP) is 3.70. The number of rotatable bonds is 4. The minimum atomic E-state index is 0.434. The summed E-state index contributed by atoms with van der Waals surface area (Å²) in [4.78, 5) is 0.434. The van der Waals surface area contributed by atoms with Crippen LogP contribution in [0.3, 0.4) is 0 Å². The van der Waals surface area contributed by atoms with Crippen molar-refractivity contribution < 1.29 is 4.74 Å². The molecule has 0 bridgehead atoms. The van der Waals surface area contributed by atoms with Gasteiger partial charge in [-0.1, -0.05) is 30.4 Å². The second-order valence-corrected chi connectivity index (χ2v) is 6.02. The van der Waals surface area contributed by atoms with Gasteiger partial charge >= 0.3 is 0 Å². The van der Waals surface area contributed by atoms with Gasteiger partial charge in [0, 0.05) is 5.56 Å². The molecule has 1 aliphatic rings. The van der Waals surface area contributed by atoms with E-state index >= 15 is 0 Å². The highest BCUT2D eigenvalue weighted by molar-refractivity contribution is 7.80. The van der Waals surface area contributed by atoms with Gasteiger partial charge in [0.1, 0.15) is 17.3 Å². The maximum Gasteiger partial charge on any atom is 0.120 e. The van der Waals surface area contributed by atoms with Gasteiger partial charge in [0.2, 0.25) is 0 Å². The van der Waals surface area contributed by atoms with Gasteiger partial charge in [-0.2, -0.15) is 0 Å². The number of hydrogen-bond donors (Lipinski definition) is 1. The highest BCUT2D eigenvalue weighted by Gasteiger charge is 2.11. The van der Waals surface area contributed by atoms with Gasteiger partial charge in [0.15, 0.2) is 0 Å². The van der Waals surface area contributed by atoms with Gasteiger partial charge in [-0.25, -0.2) is 0 Å². The molecule has 0 unspecified atom stereocenters. The minimum absolute atomic E-state index is 0.434. The van der Waals surface area contributed by atoms with Crippen LogP contribution in [0.15, 0.2) is 36.4 Å². The summed E-state index contributed by atoms with van der Waals surface area (Å²) in [7, 11) is 0. The molecule has 1 aliphatic carbocycles. The first kappa shape index (κ1) is 14.1. The molecular formula is C18H19NOS. The Morgan fingerprint density at radius 2 is 1.95 bits per heavy atom. The third-order valence-corrected chi connectivity index (χ3v) is 4.33. The Morgan fingerprint density at radius 1 is 1.14 bits per heavy atom. The molecular weight excluding hydrogens is 278 g/mol. The highest BCUT2D eigenvalue weighted by Crippen LogP contribution is 2.26. The molecule has 0 saturated heterocycles. The van der Waals surface area contributed by atoms with Gasteiger partial charge in [0.25, 0.3) is 0 Å². The molecule has 0 spiro atoms. The quantitative estimate of drug-likeness (QED) is 0.874. The lowest BCUT2D eigenvalue weighted by Gasteiger charge is -2.11. The molecule has 2 N–H and O–H groups in total. The van der Waals surface area contributed by atoms with Crippen molar-refractivity contribution in [3.05, 3.63) is 64.2 Å². The van der Waals surface area contributed by atoms with Crippen molar-refractivity contribution in [1.29, 1.82) is 0 Å². The van der Waals surface area contributed by atoms with Gasteiger partial charge in [0.05, 0.1) is 0 Å². The second-order valence-electron chi connectivity index (χ2n) is 5.58. The van der Waals surface area contributed by atoms with Crippen LogP contribution in [0.2, 0.25) is 0 Å². The normalized spacial score (nSPS) is 13.0. The van der Waals surface area contributed by atoms with Crippen molar-refractivity contribution in [3.63, 3.8) is 0 Å². The number of fused-ring (bicyclic) bond motifs is 1. The molecule has 3 rings (SSSR count). The summed E-state index contributed by atoms with van der Waals surface area (Å²) in [5.41, 5.74) is 11.8. The van der Waals surface area contributed by atoms with Crippen molar-refractivity contribution in [2.24, 2.45) is 5.73 Å². The molecule has 0 aliphatic heterocycles. The van der Waals surface area contributed by atoms with Crippen LogP contribution in [-0.4, -0.2) is 4.99 Å². The number of benzene rings is 2. The largest absolute Gasteiger partial charge is 0.489 e. The maximum atomic E-state index is 5.93. The van der Waals surface area contributed by atoms with Crippen molar-refractivity contribution in [2.75, 3.05) is 0 Å². The molecule has 0 aromatic heterocycles. The summed E-state index contributed by atoms with van der Waals surface area (Å²) in [6, 6.07) is 12.5. The van der Waals surface area contributed by atoms with Crippen LogP contribution in [0.25, 0.3) is 0 Å². The SMILES string of the molecule is Cc1cc(C(N)=S)ccc1COc1ccc2c(c1)CCC2. The summed E-state index contributed by atoms with van der Waals surface area (Å²) in [6.07, 6.45) is 3.64.